The van der Waals surface area contributed by atoms with Crippen molar-refractivity contribution in [1.82, 2.24) is 5.32 Å². The summed E-state index contributed by atoms with van der Waals surface area (Å²) in [4.78, 5) is 0. The second-order valence-electron chi connectivity index (χ2n) is 3.36. The van der Waals surface area contributed by atoms with Crippen LogP contribution in [0.15, 0.2) is 36.4 Å². The molecule has 0 aliphatic heterocycles. The topological polar surface area (TPSA) is 12.0 Å². The molecule has 1 rings (SSSR count). The minimum absolute atomic E-state index is 0.851. The van der Waals surface area contributed by atoms with Crippen molar-refractivity contribution in [3.8, 4) is 0 Å². The average Bonchev–Trinajstić information content (AvgIpc) is 2.21. The summed E-state index contributed by atoms with van der Waals surface area (Å²) in [6.07, 6.45) is 0. The molecule has 1 aromatic rings. The third kappa shape index (κ3) is 4.74. The van der Waals surface area contributed by atoms with E-state index in [4.69, 9.17) is 11.6 Å². The van der Waals surface area contributed by atoms with Crippen molar-refractivity contribution in [2.75, 3.05) is 19.3 Å². The Bertz CT molecular complexity index is 325. The van der Waals surface area contributed by atoms with Crippen molar-refractivity contribution in [2.24, 2.45) is 0 Å². The van der Waals surface area contributed by atoms with Crippen molar-refractivity contribution in [3.05, 3.63) is 47.0 Å². The van der Waals surface area contributed by atoms with E-state index in [-0.39, 0.29) is 0 Å². The lowest BCUT2D eigenvalue weighted by Gasteiger charge is -2.06. The van der Waals surface area contributed by atoms with Gasteiger partial charge in [-0.05, 0) is 18.7 Å². The summed E-state index contributed by atoms with van der Waals surface area (Å²) >= 11 is 7.90. The fourth-order valence-corrected chi connectivity index (χ4v) is 2.47. The van der Waals surface area contributed by atoms with Crippen molar-refractivity contribution < 1.29 is 0 Å². The van der Waals surface area contributed by atoms with Gasteiger partial charge in [0, 0.05) is 23.1 Å². The van der Waals surface area contributed by atoms with E-state index in [0.29, 0.717) is 0 Å². The lowest BCUT2D eigenvalue weighted by Crippen LogP contribution is -2.10. The smallest absolute Gasteiger partial charge is 0.0446 e. The number of hydrogen-bond donors (Lipinski definition) is 1. The first kappa shape index (κ1) is 12.6. The summed E-state index contributed by atoms with van der Waals surface area (Å²) in [5.74, 6) is 1.93. The fraction of sp³-hybridized carbons (Fsp3) is 0.333. The van der Waals surface area contributed by atoms with E-state index in [9.17, 15) is 0 Å². The summed E-state index contributed by atoms with van der Waals surface area (Å²) in [5.41, 5.74) is 2.41. The molecule has 0 fully saturated rings. The SMILES string of the molecule is C=C(CNC)CSCc1ccccc1Cl. The molecule has 1 N–H and O–H groups in total. The van der Waals surface area contributed by atoms with Gasteiger partial charge in [0.25, 0.3) is 0 Å². The van der Waals surface area contributed by atoms with Crippen LogP contribution in [0, 0.1) is 0 Å². The molecule has 0 bridgehead atoms. The largest absolute Gasteiger partial charge is 0.316 e. The van der Waals surface area contributed by atoms with Gasteiger partial charge in [0.1, 0.15) is 0 Å². The summed E-state index contributed by atoms with van der Waals surface area (Å²) in [6.45, 7) is 4.87. The van der Waals surface area contributed by atoms with E-state index >= 15 is 0 Å². The number of benzene rings is 1. The molecule has 0 saturated carbocycles. The Balaban J connectivity index is 2.32. The molecule has 15 heavy (non-hydrogen) atoms. The molecular formula is C12H16ClNS. The monoisotopic (exact) mass is 241 g/mol. The van der Waals surface area contributed by atoms with Crippen LogP contribution in [0.3, 0.4) is 0 Å². The summed E-state index contributed by atoms with van der Waals surface area (Å²) in [5, 5.41) is 3.94. The van der Waals surface area contributed by atoms with E-state index in [2.05, 4.69) is 18.0 Å². The molecule has 0 unspecified atom stereocenters. The molecule has 3 heteroatoms. The zero-order chi connectivity index (χ0) is 11.1. The Morgan fingerprint density at radius 3 is 2.87 bits per heavy atom. The number of hydrogen-bond acceptors (Lipinski definition) is 2. The highest BCUT2D eigenvalue weighted by atomic mass is 35.5. The minimum atomic E-state index is 0.851. The fourth-order valence-electron chi connectivity index (χ4n) is 1.22. The maximum atomic E-state index is 6.05. The molecule has 1 nitrogen and oxygen atoms in total. The predicted molar refractivity (Wildman–Crippen MR) is 70.7 cm³/mol. The molecule has 0 aliphatic carbocycles. The van der Waals surface area contributed by atoms with Crippen LogP contribution >= 0.6 is 23.4 Å². The predicted octanol–water partition coefficient (Wildman–Crippen LogP) is 3.35. The third-order valence-electron chi connectivity index (χ3n) is 1.95. The maximum absolute atomic E-state index is 6.05. The van der Waals surface area contributed by atoms with Crippen LogP contribution in [-0.2, 0) is 5.75 Å². The molecule has 0 spiro atoms. The summed E-state index contributed by atoms with van der Waals surface area (Å²) in [6, 6.07) is 7.97. The van der Waals surface area contributed by atoms with Gasteiger partial charge in [-0.15, -0.1) is 0 Å². The van der Waals surface area contributed by atoms with Crippen LogP contribution in [0.1, 0.15) is 5.56 Å². The normalized spacial score (nSPS) is 10.3. The first-order valence-electron chi connectivity index (χ1n) is 4.86. The van der Waals surface area contributed by atoms with Crippen molar-refractivity contribution in [3.63, 3.8) is 0 Å². The molecule has 82 valence electrons. The first-order valence-corrected chi connectivity index (χ1v) is 6.39. The van der Waals surface area contributed by atoms with Crippen LogP contribution in [0.25, 0.3) is 0 Å². The standard InChI is InChI=1S/C12H16ClNS/c1-10(7-14-2)8-15-9-11-5-3-4-6-12(11)13/h3-6,14H,1,7-9H2,2H3. The molecule has 0 amide bonds. The summed E-state index contributed by atoms with van der Waals surface area (Å²) < 4.78 is 0. The first-order chi connectivity index (χ1) is 7.24. The van der Waals surface area contributed by atoms with E-state index in [1.165, 1.54) is 11.1 Å². The maximum Gasteiger partial charge on any atom is 0.0446 e. The molecule has 0 saturated heterocycles. The van der Waals surface area contributed by atoms with Gasteiger partial charge in [-0.3, -0.25) is 0 Å². The highest BCUT2D eigenvalue weighted by Crippen LogP contribution is 2.21. The van der Waals surface area contributed by atoms with E-state index < -0.39 is 0 Å². The molecular weight excluding hydrogens is 226 g/mol. The summed E-state index contributed by atoms with van der Waals surface area (Å²) in [7, 11) is 1.93. The molecule has 0 aromatic heterocycles. The van der Waals surface area contributed by atoms with Crippen LogP contribution in [0.2, 0.25) is 5.02 Å². The van der Waals surface area contributed by atoms with Gasteiger partial charge >= 0.3 is 0 Å². The highest BCUT2D eigenvalue weighted by molar-refractivity contribution is 7.98. The van der Waals surface area contributed by atoms with Gasteiger partial charge in [-0.25, -0.2) is 0 Å². The number of thioether (sulfide) groups is 1. The zero-order valence-corrected chi connectivity index (χ0v) is 10.5. The van der Waals surface area contributed by atoms with Gasteiger partial charge in [0.15, 0.2) is 0 Å². The number of rotatable bonds is 6. The Morgan fingerprint density at radius 1 is 1.47 bits per heavy atom. The highest BCUT2D eigenvalue weighted by Gasteiger charge is 1.99. The van der Waals surface area contributed by atoms with Gasteiger partial charge in [-0.1, -0.05) is 42.0 Å². The Labute approximate surface area is 101 Å². The number of likely N-dealkylation sites (N-methyl/N-ethyl adjacent to an activating group) is 1. The quantitative estimate of drug-likeness (QED) is 0.767. The van der Waals surface area contributed by atoms with Crippen molar-refractivity contribution in [1.29, 1.82) is 0 Å². The molecule has 1 aromatic carbocycles. The van der Waals surface area contributed by atoms with E-state index in [1.807, 2.05) is 37.0 Å². The van der Waals surface area contributed by atoms with Crippen LogP contribution < -0.4 is 5.32 Å². The second kappa shape index (κ2) is 6.94. The van der Waals surface area contributed by atoms with E-state index in [1.54, 1.807) is 0 Å². The average molecular weight is 242 g/mol. The van der Waals surface area contributed by atoms with Crippen LogP contribution in [0.4, 0.5) is 0 Å². The van der Waals surface area contributed by atoms with Gasteiger partial charge in [0.2, 0.25) is 0 Å². The Kier molecular flexibility index (Phi) is 5.84. The lowest BCUT2D eigenvalue weighted by atomic mass is 10.2. The van der Waals surface area contributed by atoms with Crippen LogP contribution in [-0.4, -0.2) is 19.3 Å². The van der Waals surface area contributed by atoms with Gasteiger partial charge in [-0.2, -0.15) is 11.8 Å². The zero-order valence-electron chi connectivity index (χ0n) is 8.92. The minimum Gasteiger partial charge on any atom is -0.316 e. The Hall–Kier alpha value is -0.440. The number of halogens is 1. The third-order valence-corrected chi connectivity index (χ3v) is 3.44. The lowest BCUT2D eigenvalue weighted by molar-refractivity contribution is 0.885. The Morgan fingerprint density at radius 2 is 2.20 bits per heavy atom. The molecule has 0 heterocycles. The van der Waals surface area contributed by atoms with Gasteiger partial charge in [0.05, 0.1) is 0 Å². The van der Waals surface area contributed by atoms with E-state index in [0.717, 1.165) is 23.1 Å². The number of nitrogens with one attached hydrogen (secondary N) is 1. The second-order valence-corrected chi connectivity index (χ2v) is 4.76. The molecule has 0 radical (unpaired) electrons. The molecule has 0 atom stereocenters. The van der Waals surface area contributed by atoms with Crippen LogP contribution in [0.5, 0.6) is 0 Å². The van der Waals surface area contributed by atoms with Gasteiger partial charge < -0.3 is 5.32 Å². The van der Waals surface area contributed by atoms with Crippen molar-refractivity contribution >= 4 is 23.4 Å². The van der Waals surface area contributed by atoms with Crippen molar-refractivity contribution in [2.45, 2.75) is 5.75 Å². The molecule has 0 aliphatic rings.